The molecule has 0 spiro atoms. The molecule has 2 aromatic heterocycles. The van der Waals surface area contributed by atoms with E-state index in [1.54, 1.807) is 4.68 Å². The summed E-state index contributed by atoms with van der Waals surface area (Å²) in [5, 5.41) is 12.4. The zero-order valence-corrected chi connectivity index (χ0v) is 25.5. The number of carbonyl (C=O) groups is 1. The number of hydrogen-bond donors (Lipinski definition) is 0. The minimum Gasteiger partial charge on any atom is -0.460 e. The van der Waals surface area contributed by atoms with Gasteiger partial charge in [-0.05, 0) is 92.6 Å². The van der Waals surface area contributed by atoms with Crippen LogP contribution in [0.3, 0.4) is 0 Å². The highest BCUT2D eigenvalue weighted by Gasteiger charge is 2.36. The lowest BCUT2D eigenvalue weighted by atomic mass is 9.87. The van der Waals surface area contributed by atoms with E-state index < -0.39 is 11.4 Å². The first kappa shape index (κ1) is 30.0. The van der Waals surface area contributed by atoms with Crippen LogP contribution in [0.4, 0.5) is 4.39 Å². The number of esters is 1. The molecule has 2 atom stereocenters. The van der Waals surface area contributed by atoms with E-state index in [1.807, 2.05) is 52.8 Å². The molecule has 9 nitrogen and oxygen atoms in total. The maximum Gasteiger partial charge on any atom is 0.308 e. The van der Waals surface area contributed by atoms with Gasteiger partial charge in [0.1, 0.15) is 17.1 Å². The number of tetrazole rings is 1. The molecule has 1 fully saturated rings. The molecule has 0 saturated carbocycles. The summed E-state index contributed by atoms with van der Waals surface area (Å²) in [6, 6.07) is 6.59. The first-order valence-electron chi connectivity index (χ1n) is 14.6. The predicted molar refractivity (Wildman–Crippen MR) is 157 cm³/mol. The number of aromatic nitrogens is 5. The van der Waals surface area contributed by atoms with E-state index in [9.17, 15) is 9.18 Å². The van der Waals surface area contributed by atoms with Gasteiger partial charge in [-0.25, -0.2) is 14.1 Å². The average molecular weight is 578 g/mol. The second kappa shape index (κ2) is 11.6. The number of rotatable bonds is 6. The molecule has 2 aliphatic rings. The number of carbonyl (C=O) groups excluding carboxylic acids is 1. The van der Waals surface area contributed by atoms with Crippen LogP contribution >= 0.6 is 0 Å². The lowest BCUT2D eigenvalue weighted by molar-refractivity contribution is -0.290. The van der Waals surface area contributed by atoms with Crippen molar-refractivity contribution in [1.29, 1.82) is 0 Å². The molecule has 1 aromatic carbocycles. The minimum atomic E-state index is -0.885. The summed E-state index contributed by atoms with van der Waals surface area (Å²) in [4.78, 5) is 17.7. The van der Waals surface area contributed by atoms with Gasteiger partial charge >= 0.3 is 5.97 Å². The Morgan fingerprint density at radius 2 is 1.95 bits per heavy atom. The topological polar surface area (TPSA) is 101 Å². The molecule has 10 heteroatoms. The third-order valence-electron chi connectivity index (χ3n) is 7.26. The molecule has 1 saturated heterocycles. The molecule has 0 aliphatic carbocycles. The minimum absolute atomic E-state index is 0.0775. The Morgan fingerprint density at radius 3 is 2.64 bits per heavy atom. The zero-order chi connectivity index (χ0) is 30.2. The van der Waals surface area contributed by atoms with Crippen molar-refractivity contribution < 1.29 is 23.4 Å². The van der Waals surface area contributed by atoms with Gasteiger partial charge in [0.05, 0.1) is 24.3 Å². The average Bonchev–Trinajstić information content (AvgIpc) is 3.27. The number of pyridine rings is 1. The highest BCUT2D eigenvalue weighted by atomic mass is 19.1. The molecule has 3 aromatic rings. The van der Waals surface area contributed by atoms with Crippen LogP contribution in [0.25, 0.3) is 28.7 Å². The maximum absolute atomic E-state index is 14.0. The monoisotopic (exact) mass is 577 g/mol. The standard InChI is InChI=1S/C32H40FN5O4/c1-19(2)28-25(15-14-22-17-23(41-32(6,7)40-22)18-26(39)42-31(3,4)5)27(20-10-12-21(33)13-11-20)24-9-8-16-38-30(29(24)34-28)35-36-37-38/h10-15,19,22-23H,8-9,16-18H2,1-7H3/b15-14+/t22-,23-/m1/s1. The van der Waals surface area contributed by atoms with E-state index in [4.69, 9.17) is 19.2 Å². The Balaban J connectivity index is 1.57. The van der Waals surface area contributed by atoms with E-state index in [0.29, 0.717) is 18.8 Å². The third kappa shape index (κ3) is 6.76. The van der Waals surface area contributed by atoms with Crippen LogP contribution in [0.15, 0.2) is 30.3 Å². The van der Waals surface area contributed by atoms with Gasteiger partial charge in [-0.3, -0.25) is 4.79 Å². The smallest absolute Gasteiger partial charge is 0.308 e. The second-order valence-electron chi connectivity index (χ2n) is 12.8. The summed E-state index contributed by atoms with van der Waals surface area (Å²) in [5.74, 6) is -0.760. The van der Waals surface area contributed by atoms with Gasteiger partial charge in [0.2, 0.25) is 5.82 Å². The Kier molecular flexibility index (Phi) is 8.31. The fourth-order valence-electron chi connectivity index (χ4n) is 5.74. The lowest BCUT2D eigenvalue weighted by Gasteiger charge is -2.39. The number of aryl methyl sites for hydroxylation is 1. The summed E-state index contributed by atoms with van der Waals surface area (Å²) < 4.78 is 33.8. The zero-order valence-electron chi connectivity index (χ0n) is 25.5. The van der Waals surface area contributed by atoms with Crippen molar-refractivity contribution in [2.45, 2.75) is 110 Å². The molecule has 224 valence electrons. The summed E-state index contributed by atoms with van der Waals surface area (Å²) in [5.41, 5.74) is 4.96. The molecule has 0 N–H and O–H groups in total. The quantitative estimate of drug-likeness (QED) is 0.316. The van der Waals surface area contributed by atoms with E-state index in [-0.39, 0.29) is 36.3 Å². The van der Waals surface area contributed by atoms with E-state index in [0.717, 1.165) is 46.5 Å². The summed E-state index contributed by atoms with van der Waals surface area (Å²) in [6.07, 6.45) is 5.65. The van der Waals surface area contributed by atoms with E-state index in [1.165, 1.54) is 12.1 Å². The fourth-order valence-corrected chi connectivity index (χ4v) is 5.74. The second-order valence-corrected chi connectivity index (χ2v) is 12.8. The number of halogens is 1. The van der Waals surface area contributed by atoms with Crippen molar-refractivity contribution in [3.63, 3.8) is 0 Å². The number of benzene rings is 1. The number of fused-ring (bicyclic) bond motifs is 3. The Morgan fingerprint density at radius 1 is 1.21 bits per heavy atom. The van der Waals surface area contributed by atoms with Gasteiger partial charge in [-0.1, -0.05) is 38.1 Å². The van der Waals surface area contributed by atoms with Crippen LogP contribution in [0.1, 0.15) is 90.5 Å². The van der Waals surface area contributed by atoms with Crippen molar-refractivity contribution >= 4 is 12.0 Å². The number of nitrogens with zero attached hydrogens (tertiary/aromatic N) is 5. The molecule has 42 heavy (non-hydrogen) atoms. The van der Waals surface area contributed by atoms with Crippen molar-refractivity contribution in [1.82, 2.24) is 25.2 Å². The molecule has 4 heterocycles. The SMILES string of the molecule is CC(C)c1nc2c(c(-c3ccc(F)cc3)c1/C=C/[C@@H]1C[C@H](CC(=O)OC(C)(C)C)OC(C)(C)O1)CCCn1nnnc1-2. The largest absolute Gasteiger partial charge is 0.460 e. The molecule has 0 amide bonds. The number of hydrogen-bond acceptors (Lipinski definition) is 8. The first-order chi connectivity index (χ1) is 19.8. The van der Waals surface area contributed by atoms with Crippen molar-refractivity contribution in [3.8, 4) is 22.6 Å². The van der Waals surface area contributed by atoms with Gasteiger partial charge < -0.3 is 14.2 Å². The van der Waals surface area contributed by atoms with Crippen molar-refractivity contribution in [2.24, 2.45) is 0 Å². The molecule has 5 rings (SSSR count). The first-order valence-corrected chi connectivity index (χ1v) is 14.6. The summed E-state index contributed by atoms with van der Waals surface area (Å²) >= 11 is 0. The van der Waals surface area contributed by atoms with Gasteiger partial charge in [0.25, 0.3) is 0 Å². The van der Waals surface area contributed by atoms with Gasteiger partial charge in [0.15, 0.2) is 5.79 Å². The van der Waals surface area contributed by atoms with Crippen LogP contribution in [-0.4, -0.2) is 54.8 Å². The number of ether oxygens (including phenoxy) is 3. The fraction of sp³-hybridized carbons (Fsp3) is 0.531. The van der Waals surface area contributed by atoms with E-state index >= 15 is 0 Å². The van der Waals surface area contributed by atoms with Crippen molar-refractivity contribution in [3.05, 3.63) is 53.0 Å². The molecule has 2 aliphatic heterocycles. The molecule has 0 bridgehead atoms. The van der Waals surface area contributed by atoms with Gasteiger partial charge in [-0.2, -0.15) is 0 Å². The summed E-state index contributed by atoms with van der Waals surface area (Å²) in [7, 11) is 0. The maximum atomic E-state index is 14.0. The Bertz CT molecular complexity index is 1470. The lowest BCUT2D eigenvalue weighted by Crippen LogP contribution is -2.45. The highest BCUT2D eigenvalue weighted by molar-refractivity contribution is 5.84. The van der Waals surface area contributed by atoms with E-state index in [2.05, 4.69) is 35.4 Å². The Hall–Kier alpha value is -3.50. The Labute approximate surface area is 246 Å². The normalized spacial score (nSPS) is 20.3. The summed E-state index contributed by atoms with van der Waals surface area (Å²) in [6.45, 7) is 14.2. The highest BCUT2D eigenvalue weighted by Crippen LogP contribution is 2.40. The van der Waals surface area contributed by atoms with Crippen LogP contribution < -0.4 is 0 Å². The molecular formula is C32H40FN5O4. The third-order valence-corrected chi connectivity index (χ3v) is 7.26. The molecule has 0 unspecified atom stereocenters. The van der Waals surface area contributed by atoms with Crippen LogP contribution in [0.5, 0.6) is 0 Å². The van der Waals surface area contributed by atoms with Crippen LogP contribution in [-0.2, 0) is 32.0 Å². The van der Waals surface area contributed by atoms with Crippen molar-refractivity contribution in [2.75, 3.05) is 0 Å². The molecular weight excluding hydrogens is 537 g/mol. The molecule has 0 radical (unpaired) electrons. The van der Waals surface area contributed by atoms with Crippen LogP contribution in [0, 0.1) is 5.82 Å². The van der Waals surface area contributed by atoms with Crippen LogP contribution in [0.2, 0.25) is 0 Å². The van der Waals surface area contributed by atoms with Gasteiger partial charge in [-0.15, -0.1) is 5.10 Å². The van der Waals surface area contributed by atoms with Gasteiger partial charge in [0, 0.05) is 18.5 Å². The predicted octanol–water partition coefficient (Wildman–Crippen LogP) is 6.27.